The molecule has 0 saturated carbocycles. The van der Waals surface area contributed by atoms with Crippen LogP contribution in [0.5, 0.6) is 0 Å². The summed E-state index contributed by atoms with van der Waals surface area (Å²) in [7, 11) is 0. The van der Waals surface area contributed by atoms with Gasteiger partial charge in [0.05, 0.1) is 6.04 Å². The number of hydrogen-bond donors (Lipinski definition) is 2. The minimum Gasteiger partial charge on any atom is -0.353 e. The summed E-state index contributed by atoms with van der Waals surface area (Å²) in [6.45, 7) is 4.03. The van der Waals surface area contributed by atoms with E-state index >= 15 is 0 Å². The first-order valence-corrected chi connectivity index (χ1v) is 6.46. The topological polar surface area (TPSA) is 61.4 Å². The predicted octanol–water partition coefficient (Wildman–Crippen LogP) is -0.134. The summed E-state index contributed by atoms with van der Waals surface area (Å²) < 4.78 is 0. The Balaban J connectivity index is 1.78. The number of nitrogens with one attached hydrogen (secondary N) is 2. The fourth-order valence-corrected chi connectivity index (χ4v) is 2.65. The van der Waals surface area contributed by atoms with Crippen molar-refractivity contribution in [2.45, 2.75) is 44.7 Å². The Morgan fingerprint density at radius 1 is 1.24 bits per heavy atom. The van der Waals surface area contributed by atoms with Crippen LogP contribution in [0, 0.1) is 0 Å². The molecule has 0 aromatic heterocycles. The zero-order valence-corrected chi connectivity index (χ0v) is 10.4. The smallest absolute Gasteiger partial charge is 0.239 e. The van der Waals surface area contributed by atoms with Gasteiger partial charge in [-0.25, -0.2) is 0 Å². The Bertz CT molecular complexity index is 292. The number of likely N-dealkylation sites (tertiary alicyclic amines) is 1. The molecular formula is C12H21N3O2. The Morgan fingerprint density at radius 2 is 1.94 bits per heavy atom. The van der Waals surface area contributed by atoms with Gasteiger partial charge in [-0.2, -0.15) is 0 Å². The number of piperidine rings is 1. The average Bonchev–Trinajstić information content (AvgIpc) is 2.82. The highest BCUT2D eigenvalue weighted by Crippen LogP contribution is 2.14. The van der Waals surface area contributed by atoms with Crippen molar-refractivity contribution in [2.75, 3.05) is 19.6 Å². The molecule has 17 heavy (non-hydrogen) atoms. The Hall–Kier alpha value is -1.10. The second-order valence-corrected chi connectivity index (χ2v) is 4.95. The zero-order valence-electron chi connectivity index (χ0n) is 10.4. The molecule has 2 heterocycles. The summed E-state index contributed by atoms with van der Waals surface area (Å²) in [6, 6.07) is 0.278. The molecule has 0 bridgehead atoms. The molecule has 1 atom stereocenters. The first kappa shape index (κ1) is 12.4. The number of nitrogens with zero attached hydrogens (tertiary/aromatic N) is 1. The van der Waals surface area contributed by atoms with Gasteiger partial charge in [-0.3, -0.25) is 9.59 Å². The lowest BCUT2D eigenvalue weighted by Gasteiger charge is -2.33. The van der Waals surface area contributed by atoms with Crippen LogP contribution < -0.4 is 10.6 Å². The van der Waals surface area contributed by atoms with Gasteiger partial charge in [-0.05, 0) is 32.2 Å². The third-order valence-electron chi connectivity index (χ3n) is 3.57. The molecule has 2 fully saturated rings. The molecular weight excluding hydrogens is 218 g/mol. The number of carbonyl (C=O) groups is 2. The van der Waals surface area contributed by atoms with Crippen LogP contribution in [0.25, 0.3) is 0 Å². The normalized spacial score (nSPS) is 25.9. The van der Waals surface area contributed by atoms with Crippen molar-refractivity contribution in [1.29, 1.82) is 0 Å². The van der Waals surface area contributed by atoms with Crippen molar-refractivity contribution in [3.8, 4) is 0 Å². The molecule has 5 nitrogen and oxygen atoms in total. The Morgan fingerprint density at radius 3 is 2.47 bits per heavy atom. The monoisotopic (exact) mass is 239 g/mol. The molecule has 0 spiro atoms. The highest BCUT2D eigenvalue weighted by atomic mass is 16.2. The van der Waals surface area contributed by atoms with Crippen LogP contribution in [0.15, 0.2) is 0 Å². The molecule has 0 radical (unpaired) electrons. The van der Waals surface area contributed by atoms with E-state index in [0.29, 0.717) is 0 Å². The summed E-state index contributed by atoms with van der Waals surface area (Å²) in [5.41, 5.74) is 0. The van der Waals surface area contributed by atoms with Crippen LogP contribution in [-0.4, -0.2) is 48.4 Å². The molecule has 2 N–H and O–H groups in total. The van der Waals surface area contributed by atoms with Gasteiger partial charge in [0.2, 0.25) is 11.8 Å². The molecule has 0 aliphatic carbocycles. The second-order valence-electron chi connectivity index (χ2n) is 4.95. The maximum atomic E-state index is 12.1. The van der Waals surface area contributed by atoms with Crippen LogP contribution in [-0.2, 0) is 9.59 Å². The van der Waals surface area contributed by atoms with Gasteiger partial charge in [0.25, 0.3) is 0 Å². The van der Waals surface area contributed by atoms with Gasteiger partial charge < -0.3 is 15.5 Å². The molecule has 5 heteroatoms. The Kier molecular flexibility index (Phi) is 3.99. The highest BCUT2D eigenvalue weighted by Gasteiger charge is 2.29. The van der Waals surface area contributed by atoms with Crippen LogP contribution in [0.1, 0.15) is 32.6 Å². The quantitative estimate of drug-likeness (QED) is 0.705. The Labute approximate surface area is 102 Å². The van der Waals surface area contributed by atoms with Gasteiger partial charge in [-0.15, -0.1) is 0 Å². The SMILES string of the molecule is CC(=O)NC1CCN(C(=O)[C@@H]2CCCN2)CC1. The number of carbonyl (C=O) groups excluding carboxylic acids is 2. The highest BCUT2D eigenvalue weighted by molar-refractivity contribution is 5.82. The van der Waals surface area contributed by atoms with E-state index in [1.807, 2.05) is 4.90 Å². The molecule has 96 valence electrons. The third kappa shape index (κ3) is 3.19. The predicted molar refractivity (Wildman–Crippen MR) is 64.4 cm³/mol. The van der Waals surface area contributed by atoms with Crippen molar-refractivity contribution in [1.82, 2.24) is 15.5 Å². The van der Waals surface area contributed by atoms with Crippen LogP contribution in [0.2, 0.25) is 0 Å². The van der Waals surface area contributed by atoms with E-state index in [0.717, 1.165) is 45.3 Å². The molecule has 0 aromatic rings. The van der Waals surface area contributed by atoms with E-state index in [4.69, 9.17) is 0 Å². The lowest BCUT2D eigenvalue weighted by Crippen LogP contribution is -2.50. The van der Waals surface area contributed by atoms with E-state index in [1.54, 1.807) is 6.92 Å². The van der Waals surface area contributed by atoms with Crippen molar-refractivity contribution in [3.63, 3.8) is 0 Å². The number of hydrogen-bond acceptors (Lipinski definition) is 3. The molecule has 2 rings (SSSR count). The summed E-state index contributed by atoms with van der Waals surface area (Å²) >= 11 is 0. The first-order valence-electron chi connectivity index (χ1n) is 6.46. The molecule has 2 aliphatic rings. The summed E-state index contributed by atoms with van der Waals surface area (Å²) in [5.74, 6) is 0.260. The minimum absolute atomic E-state index is 0.0206. The van der Waals surface area contributed by atoms with E-state index in [1.165, 1.54) is 0 Å². The maximum Gasteiger partial charge on any atom is 0.239 e. The maximum absolute atomic E-state index is 12.1. The first-order chi connectivity index (χ1) is 8.16. The van der Waals surface area contributed by atoms with Gasteiger partial charge in [0.15, 0.2) is 0 Å². The fraction of sp³-hybridized carbons (Fsp3) is 0.833. The second kappa shape index (κ2) is 5.49. The van der Waals surface area contributed by atoms with Crippen LogP contribution in [0.4, 0.5) is 0 Å². The van der Waals surface area contributed by atoms with Gasteiger partial charge in [0, 0.05) is 26.1 Å². The van der Waals surface area contributed by atoms with E-state index < -0.39 is 0 Å². The minimum atomic E-state index is 0.0206. The van der Waals surface area contributed by atoms with E-state index in [2.05, 4.69) is 10.6 Å². The largest absolute Gasteiger partial charge is 0.353 e. The van der Waals surface area contributed by atoms with Gasteiger partial charge in [-0.1, -0.05) is 0 Å². The lowest BCUT2D eigenvalue weighted by atomic mass is 10.0. The third-order valence-corrected chi connectivity index (χ3v) is 3.57. The van der Waals surface area contributed by atoms with E-state index in [-0.39, 0.29) is 23.9 Å². The molecule has 0 aromatic carbocycles. The van der Waals surface area contributed by atoms with Crippen molar-refractivity contribution >= 4 is 11.8 Å². The lowest BCUT2D eigenvalue weighted by molar-refractivity contribution is -0.134. The van der Waals surface area contributed by atoms with Crippen molar-refractivity contribution in [2.24, 2.45) is 0 Å². The van der Waals surface area contributed by atoms with Crippen LogP contribution >= 0.6 is 0 Å². The number of amides is 2. The van der Waals surface area contributed by atoms with Crippen molar-refractivity contribution < 1.29 is 9.59 Å². The van der Waals surface area contributed by atoms with Crippen LogP contribution in [0.3, 0.4) is 0 Å². The summed E-state index contributed by atoms with van der Waals surface area (Å²) in [6.07, 6.45) is 3.80. The molecule has 2 aliphatic heterocycles. The molecule has 0 unspecified atom stereocenters. The summed E-state index contributed by atoms with van der Waals surface area (Å²) in [4.78, 5) is 25.0. The van der Waals surface area contributed by atoms with E-state index in [9.17, 15) is 9.59 Å². The number of rotatable bonds is 2. The molecule has 2 saturated heterocycles. The van der Waals surface area contributed by atoms with Gasteiger partial charge in [0.1, 0.15) is 0 Å². The zero-order chi connectivity index (χ0) is 12.3. The standard InChI is InChI=1S/C12H21N3O2/c1-9(16)14-10-4-7-15(8-5-10)12(17)11-3-2-6-13-11/h10-11,13H,2-8H2,1H3,(H,14,16)/t11-/m0/s1. The fourth-order valence-electron chi connectivity index (χ4n) is 2.65. The summed E-state index contributed by atoms with van der Waals surface area (Å²) in [5, 5.41) is 6.15. The average molecular weight is 239 g/mol. The molecule has 2 amide bonds. The van der Waals surface area contributed by atoms with Gasteiger partial charge >= 0.3 is 0 Å². The van der Waals surface area contributed by atoms with Crippen molar-refractivity contribution in [3.05, 3.63) is 0 Å².